The summed E-state index contributed by atoms with van der Waals surface area (Å²) in [5.41, 5.74) is 0.203. The average molecular weight is 292 g/mol. The molecule has 6 heteroatoms. The Morgan fingerprint density at radius 3 is 2.48 bits per heavy atom. The molecule has 1 aromatic rings. The molecule has 114 valence electrons. The van der Waals surface area contributed by atoms with Gasteiger partial charge in [-0.15, -0.1) is 0 Å². The lowest BCUT2D eigenvalue weighted by atomic mass is 9.93. The van der Waals surface area contributed by atoms with E-state index in [-0.39, 0.29) is 12.1 Å². The van der Waals surface area contributed by atoms with Crippen molar-refractivity contribution in [1.82, 2.24) is 5.32 Å². The number of carbonyl (C=O) groups excluding carboxylic acids is 1. The van der Waals surface area contributed by atoms with E-state index in [4.69, 9.17) is 9.84 Å². The molecular weight excluding hydrogens is 272 g/mol. The Hall–Kier alpha value is -2.08. The molecule has 0 aromatic heterocycles. The minimum absolute atomic E-state index is 0.360. The molecule has 2 amide bonds. The monoisotopic (exact) mass is 292 g/mol. The van der Waals surface area contributed by atoms with Gasteiger partial charge in [0, 0.05) is 24.4 Å². The fourth-order valence-electron chi connectivity index (χ4n) is 2.30. The Kier molecular flexibility index (Phi) is 4.80. The van der Waals surface area contributed by atoms with Crippen molar-refractivity contribution in [2.75, 3.05) is 24.7 Å². The molecule has 6 nitrogen and oxygen atoms in total. The van der Waals surface area contributed by atoms with Crippen LogP contribution in [0.4, 0.5) is 10.5 Å². The summed E-state index contributed by atoms with van der Waals surface area (Å²) in [5, 5.41) is 12.0. The van der Waals surface area contributed by atoms with Gasteiger partial charge in [0.2, 0.25) is 0 Å². The van der Waals surface area contributed by atoms with Gasteiger partial charge in [-0.1, -0.05) is 18.2 Å². The fraction of sp³-hybridized carbons (Fsp3) is 0.467. The lowest BCUT2D eigenvalue weighted by Gasteiger charge is -2.36. The predicted molar refractivity (Wildman–Crippen MR) is 78.4 cm³/mol. The smallest absolute Gasteiger partial charge is 0.323 e. The molecule has 0 aliphatic carbocycles. The highest BCUT2D eigenvalue weighted by atomic mass is 16.5. The molecule has 0 unspecified atom stereocenters. The number of anilines is 1. The van der Waals surface area contributed by atoms with Crippen molar-refractivity contribution in [3.63, 3.8) is 0 Å². The summed E-state index contributed by atoms with van der Waals surface area (Å²) < 4.78 is 5.30. The molecule has 1 aliphatic heterocycles. The highest BCUT2D eigenvalue weighted by Gasteiger charge is 2.31. The van der Waals surface area contributed by atoms with Gasteiger partial charge in [-0.3, -0.25) is 9.69 Å². The van der Waals surface area contributed by atoms with Crippen LogP contribution < -0.4 is 10.2 Å². The van der Waals surface area contributed by atoms with Gasteiger partial charge < -0.3 is 15.2 Å². The highest BCUT2D eigenvalue weighted by molar-refractivity contribution is 5.96. The molecule has 0 bridgehead atoms. The lowest BCUT2D eigenvalue weighted by molar-refractivity contribution is -0.135. The third kappa shape index (κ3) is 4.19. The van der Waals surface area contributed by atoms with Gasteiger partial charge in [0.05, 0.1) is 0 Å². The van der Waals surface area contributed by atoms with Crippen LogP contribution in [0.5, 0.6) is 0 Å². The molecule has 1 fully saturated rings. The zero-order valence-electron chi connectivity index (χ0n) is 12.0. The first-order chi connectivity index (χ1) is 10.0. The Morgan fingerprint density at radius 1 is 1.29 bits per heavy atom. The van der Waals surface area contributed by atoms with Crippen LogP contribution in [0.2, 0.25) is 0 Å². The number of nitrogens with one attached hydrogen (secondary N) is 1. The van der Waals surface area contributed by atoms with Crippen molar-refractivity contribution < 1.29 is 19.4 Å². The van der Waals surface area contributed by atoms with Crippen molar-refractivity contribution in [2.24, 2.45) is 0 Å². The molecule has 1 aliphatic rings. The predicted octanol–water partition coefficient (Wildman–Crippen LogP) is 1.86. The molecule has 0 atom stereocenters. The van der Waals surface area contributed by atoms with Crippen LogP contribution in [0.25, 0.3) is 0 Å². The summed E-state index contributed by atoms with van der Waals surface area (Å²) >= 11 is 0. The first-order valence-corrected chi connectivity index (χ1v) is 6.94. The van der Waals surface area contributed by atoms with Crippen LogP contribution in [0.15, 0.2) is 30.3 Å². The van der Waals surface area contributed by atoms with E-state index in [1.165, 1.54) is 4.90 Å². The summed E-state index contributed by atoms with van der Waals surface area (Å²) in [6.45, 7) is 2.78. The van der Waals surface area contributed by atoms with Crippen molar-refractivity contribution >= 4 is 17.7 Å². The number of urea groups is 1. The van der Waals surface area contributed by atoms with Crippen LogP contribution in [-0.4, -0.2) is 42.4 Å². The molecule has 1 heterocycles. The third-order valence-electron chi connectivity index (χ3n) is 3.61. The van der Waals surface area contributed by atoms with Gasteiger partial charge in [-0.05, 0) is 31.9 Å². The third-order valence-corrected chi connectivity index (χ3v) is 3.61. The quantitative estimate of drug-likeness (QED) is 0.887. The zero-order valence-corrected chi connectivity index (χ0v) is 12.0. The Labute approximate surface area is 123 Å². The maximum Gasteiger partial charge on any atom is 0.323 e. The number of nitrogens with zero attached hydrogens (tertiary/aromatic N) is 1. The summed E-state index contributed by atoms with van der Waals surface area (Å²) in [7, 11) is 0. The van der Waals surface area contributed by atoms with Gasteiger partial charge in [-0.25, -0.2) is 4.79 Å². The summed E-state index contributed by atoms with van der Waals surface area (Å²) in [6.07, 6.45) is 1.43. The fourth-order valence-corrected chi connectivity index (χ4v) is 2.30. The summed E-state index contributed by atoms with van der Waals surface area (Å²) in [4.78, 5) is 24.7. The SMILES string of the molecule is CC1(NC(=O)N(CC(=O)O)c2ccccc2)CCOCC1. The second kappa shape index (κ2) is 6.58. The van der Waals surface area contributed by atoms with E-state index in [1.54, 1.807) is 24.3 Å². The van der Waals surface area contributed by atoms with Crippen molar-refractivity contribution in [2.45, 2.75) is 25.3 Å². The maximum absolute atomic E-state index is 12.5. The van der Waals surface area contributed by atoms with Crippen LogP contribution in [-0.2, 0) is 9.53 Å². The molecule has 1 aromatic carbocycles. The molecule has 0 radical (unpaired) electrons. The lowest BCUT2D eigenvalue weighted by Crippen LogP contribution is -2.55. The minimum Gasteiger partial charge on any atom is -0.480 e. The van der Waals surface area contributed by atoms with Crippen LogP contribution in [0, 0.1) is 0 Å². The number of hydrogen-bond donors (Lipinski definition) is 2. The number of hydrogen-bond acceptors (Lipinski definition) is 3. The molecule has 0 saturated carbocycles. The van der Waals surface area contributed by atoms with Crippen molar-refractivity contribution in [3.05, 3.63) is 30.3 Å². The van der Waals surface area contributed by atoms with E-state index in [9.17, 15) is 9.59 Å². The van der Waals surface area contributed by atoms with Gasteiger partial charge >= 0.3 is 12.0 Å². The number of benzene rings is 1. The molecule has 21 heavy (non-hydrogen) atoms. The number of carboxylic acid groups (broad SMARTS) is 1. The molecule has 2 N–H and O–H groups in total. The molecule has 0 spiro atoms. The van der Waals surface area contributed by atoms with Gasteiger partial charge in [-0.2, -0.15) is 0 Å². The van der Waals surface area contributed by atoms with Crippen LogP contribution in [0.1, 0.15) is 19.8 Å². The number of aliphatic carboxylic acids is 1. The number of ether oxygens (including phenoxy) is 1. The van der Waals surface area contributed by atoms with Crippen molar-refractivity contribution in [3.8, 4) is 0 Å². The van der Waals surface area contributed by atoms with Gasteiger partial charge in [0.25, 0.3) is 0 Å². The van der Waals surface area contributed by atoms with E-state index >= 15 is 0 Å². The number of amides is 2. The van der Waals surface area contributed by atoms with Crippen LogP contribution in [0.3, 0.4) is 0 Å². The Morgan fingerprint density at radius 2 is 1.90 bits per heavy atom. The second-order valence-corrected chi connectivity index (χ2v) is 5.42. The van der Waals surface area contributed by atoms with Crippen LogP contribution >= 0.6 is 0 Å². The standard InChI is InChI=1S/C15H20N2O4/c1-15(7-9-21-10-8-15)16-14(20)17(11-13(18)19)12-5-3-2-4-6-12/h2-6H,7-11H2,1H3,(H,16,20)(H,18,19). The second-order valence-electron chi connectivity index (χ2n) is 5.42. The van der Waals surface area contributed by atoms with Crippen molar-refractivity contribution in [1.29, 1.82) is 0 Å². The van der Waals surface area contributed by atoms with E-state index in [0.717, 1.165) is 0 Å². The normalized spacial score (nSPS) is 17.0. The summed E-state index contributed by atoms with van der Waals surface area (Å²) in [5.74, 6) is -1.05. The number of para-hydroxylation sites is 1. The largest absolute Gasteiger partial charge is 0.480 e. The number of carbonyl (C=O) groups is 2. The Balaban J connectivity index is 2.12. The first kappa shape index (κ1) is 15.3. The van der Waals surface area contributed by atoms with E-state index < -0.39 is 12.0 Å². The zero-order chi connectivity index (χ0) is 15.3. The molecular formula is C15H20N2O4. The van der Waals surface area contributed by atoms with Gasteiger partial charge in [0.15, 0.2) is 0 Å². The number of carboxylic acids is 1. The number of rotatable bonds is 4. The topological polar surface area (TPSA) is 78.9 Å². The summed E-state index contributed by atoms with van der Waals surface area (Å²) in [6, 6.07) is 8.40. The van der Waals surface area contributed by atoms with E-state index in [1.807, 2.05) is 13.0 Å². The molecule has 2 rings (SSSR count). The highest BCUT2D eigenvalue weighted by Crippen LogP contribution is 2.21. The van der Waals surface area contributed by atoms with E-state index in [2.05, 4.69) is 5.32 Å². The van der Waals surface area contributed by atoms with Gasteiger partial charge in [0.1, 0.15) is 6.54 Å². The minimum atomic E-state index is -1.05. The maximum atomic E-state index is 12.5. The first-order valence-electron chi connectivity index (χ1n) is 6.94. The average Bonchev–Trinajstić information content (AvgIpc) is 2.45. The Bertz CT molecular complexity index is 498. The van der Waals surface area contributed by atoms with E-state index in [0.29, 0.717) is 31.7 Å². The molecule has 1 saturated heterocycles.